The van der Waals surface area contributed by atoms with Crippen molar-refractivity contribution in [3.05, 3.63) is 0 Å². The first kappa shape index (κ1) is 24.9. The Morgan fingerprint density at radius 3 is 0.722 bits per heavy atom. The molecule has 18 heavy (non-hydrogen) atoms. The van der Waals surface area contributed by atoms with Crippen molar-refractivity contribution in [2.24, 2.45) is 0 Å². The summed E-state index contributed by atoms with van der Waals surface area (Å²) >= 11 is 0. The molecule has 0 aliphatic rings. The zero-order valence-corrected chi connectivity index (χ0v) is 10.8. The van der Waals surface area contributed by atoms with Gasteiger partial charge in [0.15, 0.2) is 0 Å². The number of rotatable bonds is 2. The highest BCUT2D eigenvalue weighted by molar-refractivity contribution is 5.66. The maximum atomic E-state index is 9.37. The second kappa shape index (κ2) is 20.3. The number of aliphatic carboxylic acids is 4. The normalized spacial score (nSPS) is 6.89. The maximum absolute atomic E-state index is 9.37. The van der Waals surface area contributed by atoms with E-state index in [2.05, 4.69) is 0 Å². The Kier molecular flexibility index (Phi) is 28.1. The van der Waals surface area contributed by atoms with Gasteiger partial charge in [-0.1, -0.05) is 13.8 Å². The third-order valence-corrected chi connectivity index (χ3v) is 0.605. The van der Waals surface area contributed by atoms with Crippen LogP contribution in [0.3, 0.4) is 0 Å². The molecule has 0 heterocycles. The van der Waals surface area contributed by atoms with E-state index in [9.17, 15) is 9.59 Å². The van der Waals surface area contributed by atoms with Crippen LogP contribution in [-0.2, 0) is 19.2 Å². The van der Waals surface area contributed by atoms with Crippen molar-refractivity contribution in [1.82, 2.24) is 0 Å². The summed E-state index contributed by atoms with van der Waals surface area (Å²) in [6.45, 7) is 5.37. The molecule has 4 N–H and O–H groups in total. The highest BCUT2D eigenvalue weighted by Gasteiger charge is 1.81. The molecule has 0 saturated heterocycles. The molecule has 0 rings (SSSR count). The lowest BCUT2D eigenvalue weighted by atomic mass is 10.5. The van der Waals surface area contributed by atoms with E-state index in [1.807, 2.05) is 0 Å². The summed E-state index contributed by atoms with van der Waals surface area (Å²) < 4.78 is 0. The highest BCUT2D eigenvalue weighted by Crippen LogP contribution is 1.67. The van der Waals surface area contributed by atoms with E-state index in [1.165, 1.54) is 0 Å². The predicted octanol–water partition coefficient (Wildman–Crippen LogP) is 1.14. The maximum Gasteiger partial charge on any atom is 0.303 e. The van der Waals surface area contributed by atoms with Gasteiger partial charge in [-0.2, -0.15) is 0 Å². The first-order chi connectivity index (χ1) is 8.00. The van der Waals surface area contributed by atoms with E-state index in [1.54, 1.807) is 13.8 Å². The van der Waals surface area contributed by atoms with Crippen LogP contribution < -0.4 is 0 Å². The lowest BCUT2D eigenvalue weighted by Crippen LogP contribution is -1.86. The van der Waals surface area contributed by atoms with Crippen molar-refractivity contribution in [3.63, 3.8) is 0 Å². The van der Waals surface area contributed by atoms with Crippen molar-refractivity contribution in [3.8, 4) is 0 Å². The van der Waals surface area contributed by atoms with Crippen molar-refractivity contribution in [1.29, 1.82) is 0 Å². The minimum absolute atomic E-state index is 0.222. The monoisotopic (exact) mass is 268 g/mol. The molecule has 0 fully saturated rings. The molecule has 0 aliphatic carbocycles. The SMILES string of the molecule is CC(=O)O.CC(=O)O.CCC(=O)O.CCC(=O)O. The Bertz CT molecular complexity index is 212. The van der Waals surface area contributed by atoms with Crippen LogP contribution in [0.2, 0.25) is 0 Å². The van der Waals surface area contributed by atoms with E-state index in [0.29, 0.717) is 0 Å². The molecule has 0 bridgehead atoms. The van der Waals surface area contributed by atoms with Crippen LogP contribution in [-0.4, -0.2) is 44.3 Å². The van der Waals surface area contributed by atoms with Crippen molar-refractivity contribution < 1.29 is 39.6 Å². The summed E-state index contributed by atoms with van der Waals surface area (Å²) in [6.07, 6.45) is 0.444. The summed E-state index contributed by atoms with van der Waals surface area (Å²) in [4.78, 5) is 36.7. The Hall–Kier alpha value is -2.12. The molecule has 0 amide bonds. The van der Waals surface area contributed by atoms with E-state index < -0.39 is 23.9 Å². The van der Waals surface area contributed by atoms with E-state index >= 15 is 0 Å². The third kappa shape index (κ3) is 651. The molecule has 0 spiro atoms. The molecule has 0 aromatic rings. The molecular formula is C10H20O8. The predicted molar refractivity (Wildman–Crippen MR) is 62.5 cm³/mol. The van der Waals surface area contributed by atoms with Crippen LogP contribution in [0.15, 0.2) is 0 Å². The number of carboxylic acid groups (broad SMARTS) is 4. The van der Waals surface area contributed by atoms with Gasteiger partial charge in [-0.3, -0.25) is 19.2 Å². The van der Waals surface area contributed by atoms with Crippen molar-refractivity contribution >= 4 is 23.9 Å². The second-order valence-corrected chi connectivity index (χ2v) is 2.53. The number of hydrogen-bond acceptors (Lipinski definition) is 4. The van der Waals surface area contributed by atoms with Gasteiger partial charge in [0.05, 0.1) is 0 Å². The Morgan fingerprint density at radius 1 is 0.667 bits per heavy atom. The van der Waals surface area contributed by atoms with E-state index in [4.69, 9.17) is 30.0 Å². The quantitative estimate of drug-likeness (QED) is 0.582. The van der Waals surface area contributed by atoms with Crippen LogP contribution in [0.4, 0.5) is 0 Å². The number of hydrogen-bond donors (Lipinski definition) is 4. The molecule has 0 aromatic carbocycles. The van der Waals surface area contributed by atoms with E-state index in [0.717, 1.165) is 13.8 Å². The summed E-state index contributed by atoms with van der Waals surface area (Å²) in [5, 5.41) is 30.3. The van der Waals surface area contributed by atoms with Crippen LogP contribution in [0.25, 0.3) is 0 Å². The lowest BCUT2D eigenvalue weighted by molar-refractivity contribution is -0.137. The van der Waals surface area contributed by atoms with Gasteiger partial charge in [-0.05, 0) is 0 Å². The van der Waals surface area contributed by atoms with Gasteiger partial charge >= 0.3 is 11.9 Å². The first-order valence-electron chi connectivity index (χ1n) is 4.83. The molecule has 8 nitrogen and oxygen atoms in total. The van der Waals surface area contributed by atoms with Gasteiger partial charge in [0.25, 0.3) is 11.9 Å². The van der Waals surface area contributed by atoms with E-state index in [-0.39, 0.29) is 12.8 Å². The summed E-state index contributed by atoms with van der Waals surface area (Å²) in [5.41, 5.74) is 0. The van der Waals surface area contributed by atoms with Gasteiger partial charge in [-0.15, -0.1) is 0 Å². The Labute approximate surface area is 105 Å². The van der Waals surface area contributed by atoms with Gasteiger partial charge in [0, 0.05) is 26.7 Å². The minimum Gasteiger partial charge on any atom is -0.481 e. The minimum atomic E-state index is -0.833. The number of carboxylic acids is 4. The first-order valence-corrected chi connectivity index (χ1v) is 4.83. The molecule has 0 aliphatic heterocycles. The zero-order valence-electron chi connectivity index (χ0n) is 10.8. The topological polar surface area (TPSA) is 149 Å². The zero-order chi connectivity index (χ0) is 15.7. The van der Waals surface area contributed by atoms with Crippen LogP contribution >= 0.6 is 0 Å². The summed E-state index contributed by atoms with van der Waals surface area (Å²) in [7, 11) is 0. The molecule has 108 valence electrons. The smallest absolute Gasteiger partial charge is 0.303 e. The fourth-order valence-corrected chi connectivity index (χ4v) is 0. The van der Waals surface area contributed by atoms with Gasteiger partial charge in [-0.25, -0.2) is 0 Å². The highest BCUT2D eigenvalue weighted by atomic mass is 16.4. The average Bonchev–Trinajstić information content (AvgIpc) is 2.16. The Balaban J connectivity index is -0.0000000731. The van der Waals surface area contributed by atoms with Crippen LogP contribution in [0, 0.1) is 0 Å². The van der Waals surface area contributed by atoms with Gasteiger partial charge in [0.2, 0.25) is 0 Å². The van der Waals surface area contributed by atoms with Gasteiger partial charge < -0.3 is 20.4 Å². The van der Waals surface area contributed by atoms with Gasteiger partial charge in [0.1, 0.15) is 0 Å². The fraction of sp³-hybridized carbons (Fsp3) is 0.600. The van der Waals surface area contributed by atoms with Crippen LogP contribution in [0.1, 0.15) is 40.5 Å². The molecule has 0 unspecified atom stereocenters. The summed E-state index contributed by atoms with van der Waals surface area (Å²) in [5.74, 6) is -3.16. The van der Waals surface area contributed by atoms with Crippen molar-refractivity contribution in [2.75, 3.05) is 0 Å². The lowest BCUT2D eigenvalue weighted by Gasteiger charge is -1.71. The Morgan fingerprint density at radius 2 is 0.722 bits per heavy atom. The standard InChI is InChI=1S/2C3H6O2.2C2H4O2/c2*1-2-3(4)5;2*1-2(3)4/h2*2H2,1H3,(H,4,5);2*1H3,(H,3,4). The molecule has 0 atom stereocenters. The largest absolute Gasteiger partial charge is 0.481 e. The van der Waals surface area contributed by atoms with Crippen LogP contribution in [0.5, 0.6) is 0 Å². The third-order valence-electron chi connectivity index (χ3n) is 0.605. The molecular weight excluding hydrogens is 248 g/mol. The average molecular weight is 268 g/mol. The fourth-order valence-electron chi connectivity index (χ4n) is 0. The molecule has 0 saturated carbocycles. The summed E-state index contributed by atoms with van der Waals surface area (Å²) in [6, 6.07) is 0. The van der Waals surface area contributed by atoms with Crippen molar-refractivity contribution in [2.45, 2.75) is 40.5 Å². The number of carbonyl (C=O) groups is 4. The molecule has 0 aromatic heterocycles. The second-order valence-electron chi connectivity index (χ2n) is 2.53. The molecule has 0 radical (unpaired) electrons. The molecule has 8 heteroatoms.